The molecule has 0 atom stereocenters. The van der Waals surface area contributed by atoms with Crippen molar-refractivity contribution < 1.29 is 9.18 Å². The second-order valence-electron chi connectivity index (χ2n) is 3.58. The molecular formula is C13H11FN2O. The van der Waals surface area contributed by atoms with Gasteiger partial charge in [-0.15, -0.1) is 0 Å². The van der Waals surface area contributed by atoms with Gasteiger partial charge < -0.3 is 11.1 Å². The van der Waals surface area contributed by atoms with Crippen LogP contribution in [-0.4, -0.2) is 5.91 Å². The lowest BCUT2D eigenvalue weighted by molar-refractivity contribution is 0.102. The first kappa shape index (κ1) is 11.1. The average Bonchev–Trinajstić information content (AvgIpc) is 2.33. The molecule has 0 saturated carbocycles. The van der Waals surface area contributed by atoms with Crippen LogP contribution in [0.3, 0.4) is 0 Å². The van der Waals surface area contributed by atoms with Crippen molar-refractivity contribution >= 4 is 17.3 Å². The van der Waals surface area contributed by atoms with Gasteiger partial charge in [0.2, 0.25) is 0 Å². The molecule has 3 nitrogen and oxygen atoms in total. The van der Waals surface area contributed by atoms with Gasteiger partial charge in [0.15, 0.2) is 0 Å². The van der Waals surface area contributed by atoms with Crippen molar-refractivity contribution in [1.82, 2.24) is 0 Å². The predicted molar refractivity (Wildman–Crippen MR) is 65.2 cm³/mol. The van der Waals surface area contributed by atoms with Gasteiger partial charge in [-0.3, -0.25) is 4.79 Å². The van der Waals surface area contributed by atoms with Crippen LogP contribution in [0.5, 0.6) is 0 Å². The topological polar surface area (TPSA) is 55.1 Å². The summed E-state index contributed by atoms with van der Waals surface area (Å²) in [6.45, 7) is 0. The maximum Gasteiger partial charge on any atom is 0.255 e. The van der Waals surface area contributed by atoms with Crippen LogP contribution in [0.2, 0.25) is 0 Å². The van der Waals surface area contributed by atoms with Crippen LogP contribution in [-0.2, 0) is 0 Å². The third kappa shape index (κ3) is 2.81. The van der Waals surface area contributed by atoms with E-state index in [-0.39, 0.29) is 11.7 Å². The minimum Gasteiger partial charge on any atom is -0.399 e. The molecule has 0 radical (unpaired) electrons. The minimum absolute atomic E-state index is 0.283. The van der Waals surface area contributed by atoms with Gasteiger partial charge in [-0.2, -0.15) is 0 Å². The van der Waals surface area contributed by atoms with Crippen molar-refractivity contribution in [2.24, 2.45) is 0 Å². The van der Waals surface area contributed by atoms with E-state index in [0.717, 1.165) is 0 Å². The Kier molecular flexibility index (Phi) is 3.05. The molecule has 0 aliphatic carbocycles. The summed E-state index contributed by atoms with van der Waals surface area (Å²) in [7, 11) is 0. The number of rotatable bonds is 2. The lowest BCUT2D eigenvalue weighted by atomic mass is 10.2. The Labute approximate surface area is 98.1 Å². The van der Waals surface area contributed by atoms with Crippen LogP contribution in [0.15, 0.2) is 48.5 Å². The smallest absolute Gasteiger partial charge is 0.255 e. The summed E-state index contributed by atoms with van der Waals surface area (Å²) in [6, 6.07) is 12.2. The van der Waals surface area contributed by atoms with Gasteiger partial charge >= 0.3 is 0 Å². The summed E-state index contributed by atoms with van der Waals surface area (Å²) in [5.41, 5.74) is 7.21. The Balaban J connectivity index is 2.11. The van der Waals surface area contributed by atoms with Gasteiger partial charge in [0.1, 0.15) is 5.82 Å². The van der Waals surface area contributed by atoms with Crippen LogP contribution >= 0.6 is 0 Å². The zero-order valence-electron chi connectivity index (χ0n) is 8.98. The van der Waals surface area contributed by atoms with Gasteiger partial charge in [-0.25, -0.2) is 4.39 Å². The molecule has 2 aromatic carbocycles. The average molecular weight is 230 g/mol. The molecule has 0 aliphatic heterocycles. The molecular weight excluding hydrogens is 219 g/mol. The van der Waals surface area contributed by atoms with Crippen LogP contribution < -0.4 is 11.1 Å². The highest BCUT2D eigenvalue weighted by molar-refractivity contribution is 6.04. The number of carbonyl (C=O) groups excluding carboxylic acids is 1. The van der Waals surface area contributed by atoms with Crippen LogP contribution in [0, 0.1) is 5.82 Å². The van der Waals surface area contributed by atoms with E-state index < -0.39 is 0 Å². The molecule has 2 aromatic rings. The van der Waals surface area contributed by atoms with E-state index >= 15 is 0 Å². The molecule has 4 heteroatoms. The second-order valence-corrected chi connectivity index (χ2v) is 3.58. The maximum absolute atomic E-state index is 12.7. The summed E-state index contributed by atoms with van der Waals surface area (Å²) in [5.74, 6) is -0.649. The van der Waals surface area contributed by atoms with Crippen molar-refractivity contribution in [3.05, 3.63) is 59.9 Å². The van der Waals surface area contributed by atoms with E-state index in [2.05, 4.69) is 5.32 Å². The summed E-state index contributed by atoms with van der Waals surface area (Å²) in [5, 5.41) is 2.69. The molecule has 0 bridgehead atoms. The SMILES string of the molecule is Nc1ccc(NC(=O)c2ccc(F)cc2)cc1. The fourth-order valence-corrected chi connectivity index (χ4v) is 1.37. The maximum atomic E-state index is 12.7. The Bertz CT molecular complexity index is 520. The molecule has 0 aliphatic rings. The Morgan fingerprint density at radius 1 is 1.00 bits per heavy atom. The first-order chi connectivity index (χ1) is 8.15. The second kappa shape index (κ2) is 4.65. The standard InChI is InChI=1S/C13H11FN2O/c14-10-3-1-9(2-4-10)13(17)16-12-7-5-11(15)6-8-12/h1-8H,15H2,(H,16,17). The zero-order chi connectivity index (χ0) is 12.3. The lowest BCUT2D eigenvalue weighted by Gasteiger charge is -2.05. The molecule has 17 heavy (non-hydrogen) atoms. The summed E-state index contributed by atoms with van der Waals surface area (Å²) in [6.07, 6.45) is 0. The number of hydrogen-bond acceptors (Lipinski definition) is 2. The molecule has 2 rings (SSSR count). The van der Waals surface area contributed by atoms with Crippen molar-refractivity contribution in [1.29, 1.82) is 0 Å². The fraction of sp³-hybridized carbons (Fsp3) is 0. The number of amides is 1. The van der Waals surface area contributed by atoms with E-state index in [0.29, 0.717) is 16.9 Å². The van der Waals surface area contributed by atoms with E-state index in [1.54, 1.807) is 24.3 Å². The van der Waals surface area contributed by atoms with Crippen LogP contribution in [0.25, 0.3) is 0 Å². The predicted octanol–water partition coefficient (Wildman–Crippen LogP) is 2.66. The highest BCUT2D eigenvalue weighted by atomic mass is 19.1. The normalized spacial score (nSPS) is 9.94. The number of anilines is 2. The van der Waals surface area contributed by atoms with Crippen LogP contribution in [0.4, 0.5) is 15.8 Å². The molecule has 0 heterocycles. The first-order valence-corrected chi connectivity index (χ1v) is 5.07. The van der Waals surface area contributed by atoms with E-state index in [1.165, 1.54) is 24.3 Å². The molecule has 0 spiro atoms. The summed E-state index contributed by atoms with van der Waals surface area (Å²) < 4.78 is 12.7. The van der Waals surface area contributed by atoms with Gasteiger partial charge in [0.05, 0.1) is 0 Å². The van der Waals surface area contributed by atoms with Gasteiger partial charge in [0.25, 0.3) is 5.91 Å². The number of halogens is 1. The third-order valence-corrected chi connectivity index (χ3v) is 2.27. The number of benzene rings is 2. The lowest BCUT2D eigenvalue weighted by Crippen LogP contribution is -2.11. The number of nitrogens with two attached hydrogens (primary N) is 1. The summed E-state index contributed by atoms with van der Waals surface area (Å²) in [4.78, 5) is 11.7. The van der Waals surface area contributed by atoms with Crippen molar-refractivity contribution in [3.8, 4) is 0 Å². The quantitative estimate of drug-likeness (QED) is 0.779. The van der Waals surface area contributed by atoms with E-state index in [9.17, 15) is 9.18 Å². The molecule has 0 unspecified atom stereocenters. The monoisotopic (exact) mass is 230 g/mol. The molecule has 0 aromatic heterocycles. The van der Waals surface area contributed by atoms with E-state index in [1.807, 2.05) is 0 Å². The van der Waals surface area contributed by atoms with E-state index in [4.69, 9.17) is 5.73 Å². The van der Waals surface area contributed by atoms with Crippen LogP contribution in [0.1, 0.15) is 10.4 Å². The van der Waals surface area contributed by atoms with Gasteiger partial charge in [0, 0.05) is 16.9 Å². The van der Waals surface area contributed by atoms with Crippen molar-refractivity contribution in [2.75, 3.05) is 11.1 Å². The van der Waals surface area contributed by atoms with Crippen molar-refractivity contribution in [3.63, 3.8) is 0 Å². The minimum atomic E-state index is -0.367. The summed E-state index contributed by atoms with van der Waals surface area (Å²) >= 11 is 0. The Hall–Kier alpha value is -2.36. The largest absolute Gasteiger partial charge is 0.399 e. The fourth-order valence-electron chi connectivity index (χ4n) is 1.37. The first-order valence-electron chi connectivity index (χ1n) is 5.07. The third-order valence-electron chi connectivity index (χ3n) is 2.27. The molecule has 86 valence electrons. The zero-order valence-corrected chi connectivity index (χ0v) is 8.98. The molecule has 0 fully saturated rings. The number of nitrogen functional groups attached to an aromatic ring is 1. The Morgan fingerprint density at radius 3 is 2.18 bits per heavy atom. The Morgan fingerprint density at radius 2 is 1.59 bits per heavy atom. The molecule has 0 saturated heterocycles. The van der Waals surface area contributed by atoms with Gasteiger partial charge in [-0.1, -0.05) is 0 Å². The highest BCUT2D eigenvalue weighted by Crippen LogP contribution is 2.12. The van der Waals surface area contributed by atoms with Gasteiger partial charge in [-0.05, 0) is 48.5 Å². The number of carbonyl (C=O) groups is 1. The molecule has 3 N–H and O–H groups in total. The molecule has 1 amide bonds. The number of hydrogen-bond donors (Lipinski definition) is 2. The highest BCUT2D eigenvalue weighted by Gasteiger charge is 2.05. The van der Waals surface area contributed by atoms with Crippen molar-refractivity contribution in [2.45, 2.75) is 0 Å². The number of nitrogens with one attached hydrogen (secondary N) is 1.